The van der Waals surface area contributed by atoms with Crippen molar-refractivity contribution in [3.05, 3.63) is 28.5 Å². The molecule has 0 fully saturated rings. The molecule has 1 aromatic rings. The second-order valence-corrected chi connectivity index (χ2v) is 5.02. The third-order valence-electron chi connectivity index (χ3n) is 2.98. The lowest BCUT2D eigenvalue weighted by atomic mass is 9.86. The van der Waals surface area contributed by atoms with Crippen molar-refractivity contribution in [2.24, 2.45) is 11.1 Å². The number of halogens is 2. The minimum Gasteiger partial charge on any atom is -0.329 e. The highest BCUT2D eigenvalue weighted by Crippen LogP contribution is 2.28. The van der Waals surface area contributed by atoms with E-state index in [-0.39, 0.29) is 18.1 Å². The van der Waals surface area contributed by atoms with Gasteiger partial charge < -0.3 is 11.1 Å². The molecule has 1 amide bonds. The van der Waals surface area contributed by atoms with Gasteiger partial charge in [0.15, 0.2) is 0 Å². The molecule has 0 radical (unpaired) electrons. The van der Waals surface area contributed by atoms with Gasteiger partial charge in [-0.25, -0.2) is 4.39 Å². The van der Waals surface area contributed by atoms with Crippen LogP contribution in [0.25, 0.3) is 0 Å². The quantitative estimate of drug-likeness (QED) is 0.898. The summed E-state index contributed by atoms with van der Waals surface area (Å²) in [5.74, 6) is -0.739. The van der Waals surface area contributed by atoms with Gasteiger partial charge in [-0.1, -0.05) is 13.0 Å². The highest BCUT2D eigenvalue weighted by Gasteiger charge is 2.30. The summed E-state index contributed by atoms with van der Waals surface area (Å²) in [5.41, 5.74) is 5.06. The van der Waals surface area contributed by atoms with Crippen LogP contribution >= 0.6 is 15.9 Å². The van der Waals surface area contributed by atoms with Crippen molar-refractivity contribution in [2.45, 2.75) is 20.3 Å². The number of amides is 1. The second kappa shape index (κ2) is 5.60. The van der Waals surface area contributed by atoms with E-state index in [4.69, 9.17) is 5.73 Å². The van der Waals surface area contributed by atoms with Crippen LogP contribution in [0, 0.1) is 11.2 Å². The highest BCUT2D eigenvalue weighted by molar-refractivity contribution is 9.10. The van der Waals surface area contributed by atoms with Crippen LogP contribution < -0.4 is 11.1 Å². The molecule has 1 aromatic carbocycles. The summed E-state index contributed by atoms with van der Waals surface area (Å²) < 4.78 is 14.0. The Labute approximate surface area is 109 Å². The van der Waals surface area contributed by atoms with Crippen molar-refractivity contribution >= 4 is 27.5 Å². The summed E-state index contributed by atoms with van der Waals surface area (Å²) >= 11 is 3.20. The van der Waals surface area contributed by atoms with Gasteiger partial charge in [-0.15, -0.1) is 0 Å². The SMILES string of the molecule is CCC(C)(CN)C(=O)Nc1c(F)cccc1Br. The van der Waals surface area contributed by atoms with E-state index < -0.39 is 11.2 Å². The number of nitrogens with one attached hydrogen (secondary N) is 1. The van der Waals surface area contributed by atoms with E-state index in [0.29, 0.717) is 10.9 Å². The maximum Gasteiger partial charge on any atom is 0.231 e. The summed E-state index contributed by atoms with van der Waals surface area (Å²) in [6.07, 6.45) is 0.599. The molecule has 0 aliphatic carbocycles. The zero-order valence-electron chi connectivity index (χ0n) is 9.89. The number of nitrogens with two attached hydrogens (primary N) is 1. The van der Waals surface area contributed by atoms with Gasteiger partial charge in [0.25, 0.3) is 0 Å². The molecule has 3 N–H and O–H groups in total. The predicted molar refractivity (Wildman–Crippen MR) is 70.2 cm³/mol. The summed E-state index contributed by atoms with van der Waals surface area (Å²) in [5, 5.41) is 2.58. The third kappa shape index (κ3) is 3.04. The van der Waals surface area contributed by atoms with Crippen molar-refractivity contribution in [1.29, 1.82) is 0 Å². The number of benzene rings is 1. The number of hydrogen-bond donors (Lipinski definition) is 2. The van der Waals surface area contributed by atoms with E-state index in [1.165, 1.54) is 6.07 Å². The lowest BCUT2D eigenvalue weighted by molar-refractivity contribution is -0.124. The summed E-state index contributed by atoms with van der Waals surface area (Å²) in [6.45, 7) is 3.86. The number of hydrogen-bond acceptors (Lipinski definition) is 2. The molecule has 0 bridgehead atoms. The van der Waals surface area contributed by atoms with Gasteiger partial charge in [0, 0.05) is 11.0 Å². The Balaban J connectivity index is 2.96. The fourth-order valence-corrected chi connectivity index (χ4v) is 1.72. The highest BCUT2D eigenvalue weighted by atomic mass is 79.9. The molecule has 1 rings (SSSR count). The molecule has 0 heterocycles. The molecule has 0 aliphatic heterocycles. The van der Waals surface area contributed by atoms with E-state index in [1.54, 1.807) is 19.1 Å². The molecule has 0 saturated heterocycles. The van der Waals surface area contributed by atoms with E-state index in [0.717, 1.165) is 0 Å². The third-order valence-corrected chi connectivity index (χ3v) is 3.64. The molecule has 1 atom stereocenters. The van der Waals surface area contributed by atoms with E-state index in [9.17, 15) is 9.18 Å². The van der Waals surface area contributed by atoms with Gasteiger partial charge in [-0.2, -0.15) is 0 Å². The fourth-order valence-electron chi connectivity index (χ4n) is 1.28. The van der Waals surface area contributed by atoms with Crippen molar-refractivity contribution in [1.82, 2.24) is 0 Å². The first-order valence-corrected chi connectivity index (χ1v) is 6.19. The molecule has 94 valence electrons. The number of para-hydroxylation sites is 1. The maximum absolute atomic E-state index is 13.5. The van der Waals surface area contributed by atoms with Gasteiger partial charge in [0.05, 0.1) is 11.1 Å². The maximum atomic E-state index is 13.5. The first-order valence-electron chi connectivity index (χ1n) is 5.40. The molecule has 5 heteroatoms. The average molecular weight is 303 g/mol. The molecular weight excluding hydrogens is 287 g/mol. The lowest BCUT2D eigenvalue weighted by Gasteiger charge is -2.25. The van der Waals surface area contributed by atoms with Gasteiger partial charge in [0.2, 0.25) is 5.91 Å². The topological polar surface area (TPSA) is 55.1 Å². The second-order valence-electron chi connectivity index (χ2n) is 4.17. The van der Waals surface area contributed by atoms with Crippen LogP contribution in [-0.4, -0.2) is 12.5 Å². The summed E-state index contributed by atoms with van der Waals surface area (Å²) in [4.78, 5) is 12.0. The summed E-state index contributed by atoms with van der Waals surface area (Å²) in [7, 11) is 0. The van der Waals surface area contributed by atoms with Crippen LogP contribution in [-0.2, 0) is 4.79 Å². The Bertz CT molecular complexity index is 399. The van der Waals surface area contributed by atoms with Crippen LogP contribution in [0.4, 0.5) is 10.1 Å². The smallest absolute Gasteiger partial charge is 0.231 e. The van der Waals surface area contributed by atoms with E-state index in [2.05, 4.69) is 21.2 Å². The lowest BCUT2D eigenvalue weighted by Crippen LogP contribution is -2.39. The van der Waals surface area contributed by atoms with Crippen molar-refractivity contribution in [3.63, 3.8) is 0 Å². The zero-order valence-corrected chi connectivity index (χ0v) is 11.5. The molecule has 17 heavy (non-hydrogen) atoms. The van der Waals surface area contributed by atoms with Gasteiger partial charge >= 0.3 is 0 Å². The number of rotatable bonds is 4. The molecule has 0 aliphatic rings. The Kier molecular flexibility index (Phi) is 4.65. The molecule has 3 nitrogen and oxygen atoms in total. The van der Waals surface area contributed by atoms with Crippen LogP contribution in [0.2, 0.25) is 0 Å². The monoisotopic (exact) mass is 302 g/mol. The Hall–Kier alpha value is -0.940. The average Bonchev–Trinajstić information content (AvgIpc) is 2.32. The van der Waals surface area contributed by atoms with Crippen molar-refractivity contribution in [2.75, 3.05) is 11.9 Å². The molecule has 0 aromatic heterocycles. The number of anilines is 1. The minimum atomic E-state index is -0.679. The normalized spacial score (nSPS) is 14.2. The Morgan fingerprint density at radius 1 is 1.59 bits per heavy atom. The fraction of sp³-hybridized carbons (Fsp3) is 0.417. The first-order chi connectivity index (χ1) is 7.94. The summed E-state index contributed by atoms with van der Waals surface area (Å²) in [6, 6.07) is 4.54. The van der Waals surface area contributed by atoms with Gasteiger partial charge in [-0.05, 0) is 41.4 Å². The van der Waals surface area contributed by atoms with Gasteiger partial charge in [0.1, 0.15) is 5.82 Å². The van der Waals surface area contributed by atoms with Gasteiger partial charge in [-0.3, -0.25) is 4.79 Å². The van der Waals surface area contributed by atoms with Crippen molar-refractivity contribution < 1.29 is 9.18 Å². The molecule has 0 saturated carbocycles. The van der Waals surface area contributed by atoms with E-state index in [1.807, 2.05) is 6.92 Å². The minimum absolute atomic E-state index is 0.158. The molecule has 0 spiro atoms. The molecular formula is C12H16BrFN2O. The van der Waals surface area contributed by atoms with Crippen LogP contribution in [0.3, 0.4) is 0 Å². The van der Waals surface area contributed by atoms with E-state index >= 15 is 0 Å². The standard InChI is InChI=1S/C12H16BrFN2O/c1-3-12(2,7-15)11(17)16-10-8(13)5-4-6-9(10)14/h4-6H,3,7,15H2,1-2H3,(H,16,17). The van der Waals surface area contributed by atoms with Crippen LogP contribution in [0.15, 0.2) is 22.7 Å². The zero-order chi connectivity index (χ0) is 13.1. The number of carbonyl (C=O) groups is 1. The van der Waals surface area contributed by atoms with Crippen LogP contribution in [0.5, 0.6) is 0 Å². The van der Waals surface area contributed by atoms with Crippen LogP contribution in [0.1, 0.15) is 20.3 Å². The Morgan fingerprint density at radius 2 is 2.24 bits per heavy atom. The molecule has 1 unspecified atom stereocenters. The largest absolute Gasteiger partial charge is 0.329 e. The first kappa shape index (κ1) is 14.1. The Morgan fingerprint density at radius 3 is 2.71 bits per heavy atom. The van der Waals surface area contributed by atoms with Crippen molar-refractivity contribution in [3.8, 4) is 0 Å². The number of carbonyl (C=O) groups excluding carboxylic acids is 1. The predicted octanol–water partition coefficient (Wildman–Crippen LogP) is 2.90.